The second-order valence-electron chi connectivity index (χ2n) is 7.89. The number of likely N-dealkylation sites (N-methyl/N-ethyl adjacent to an activating group) is 1. The van der Waals surface area contributed by atoms with Crippen LogP contribution in [-0.2, 0) is 17.8 Å². The van der Waals surface area contributed by atoms with Crippen molar-refractivity contribution in [2.75, 3.05) is 30.0 Å². The second-order valence-corrected chi connectivity index (χ2v) is 7.89. The first-order valence-corrected chi connectivity index (χ1v) is 10.4. The molecule has 1 amide bonds. The summed E-state index contributed by atoms with van der Waals surface area (Å²) in [6.45, 7) is 3.72. The van der Waals surface area contributed by atoms with Gasteiger partial charge in [-0.1, -0.05) is 18.2 Å². The fourth-order valence-electron chi connectivity index (χ4n) is 3.77. The third-order valence-electron chi connectivity index (χ3n) is 5.38. The van der Waals surface area contributed by atoms with Crippen molar-refractivity contribution in [1.29, 1.82) is 0 Å². The molecule has 0 aliphatic carbocycles. The highest BCUT2D eigenvalue weighted by Crippen LogP contribution is 2.35. The smallest absolute Gasteiger partial charge is 0.258 e. The molecule has 6 heteroatoms. The lowest BCUT2D eigenvalue weighted by atomic mass is 10.0. The van der Waals surface area contributed by atoms with Gasteiger partial charge in [-0.05, 0) is 62.0 Å². The monoisotopic (exact) mass is 413 g/mol. The molecule has 0 atom stereocenters. The maximum absolute atomic E-state index is 12.5. The van der Waals surface area contributed by atoms with Crippen molar-refractivity contribution in [3.8, 4) is 0 Å². The van der Waals surface area contributed by atoms with Crippen molar-refractivity contribution in [3.63, 3.8) is 0 Å². The summed E-state index contributed by atoms with van der Waals surface area (Å²) in [5.74, 6) is -0.114. The van der Waals surface area contributed by atoms with Crippen LogP contribution in [0, 0.1) is 0 Å². The van der Waals surface area contributed by atoms with Crippen LogP contribution in [0.15, 0.2) is 72.6 Å². The quantitative estimate of drug-likeness (QED) is 0.401. The minimum absolute atomic E-state index is 0.114. The van der Waals surface area contributed by atoms with Gasteiger partial charge in [-0.15, -0.1) is 0 Å². The van der Waals surface area contributed by atoms with Crippen LogP contribution in [0.3, 0.4) is 0 Å². The largest absolute Gasteiger partial charge is 0.399 e. The van der Waals surface area contributed by atoms with Crippen LogP contribution in [0.1, 0.15) is 23.7 Å². The number of allylic oxidation sites excluding steroid dienone is 1. The number of aromatic nitrogens is 1. The van der Waals surface area contributed by atoms with E-state index in [0.717, 1.165) is 47.8 Å². The summed E-state index contributed by atoms with van der Waals surface area (Å²) in [5.41, 5.74) is 12.9. The van der Waals surface area contributed by atoms with Gasteiger partial charge in [0, 0.05) is 59.7 Å². The molecule has 0 radical (unpaired) electrons. The van der Waals surface area contributed by atoms with Gasteiger partial charge in [0.1, 0.15) is 0 Å². The second kappa shape index (κ2) is 9.02. The summed E-state index contributed by atoms with van der Waals surface area (Å²) < 4.78 is 0. The van der Waals surface area contributed by atoms with Gasteiger partial charge in [0.15, 0.2) is 0 Å². The van der Waals surface area contributed by atoms with Crippen LogP contribution in [0.25, 0.3) is 5.57 Å². The van der Waals surface area contributed by atoms with Gasteiger partial charge in [0.2, 0.25) is 0 Å². The molecule has 0 saturated heterocycles. The molecule has 6 nitrogen and oxygen atoms in total. The Hall–Kier alpha value is -3.64. The molecular formula is C25H27N5O. The molecule has 3 aromatic rings. The summed E-state index contributed by atoms with van der Waals surface area (Å²) in [5, 5.41) is 6.25. The number of carbonyl (C=O) groups excluding carboxylic acids is 1. The van der Waals surface area contributed by atoms with Crippen LogP contribution < -0.4 is 16.4 Å². The van der Waals surface area contributed by atoms with E-state index in [1.165, 1.54) is 5.56 Å². The molecule has 158 valence electrons. The third-order valence-corrected chi connectivity index (χ3v) is 5.38. The van der Waals surface area contributed by atoms with E-state index in [2.05, 4.69) is 45.8 Å². The van der Waals surface area contributed by atoms with Crippen LogP contribution in [0.4, 0.5) is 17.1 Å². The average molecular weight is 414 g/mol. The topological polar surface area (TPSA) is 83.3 Å². The van der Waals surface area contributed by atoms with E-state index >= 15 is 0 Å². The van der Waals surface area contributed by atoms with Crippen molar-refractivity contribution in [2.24, 2.45) is 0 Å². The number of carbonyl (C=O) groups is 1. The van der Waals surface area contributed by atoms with Crippen LogP contribution >= 0.6 is 0 Å². The first kappa shape index (κ1) is 20.6. The number of fused-ring (bicyclic) bond motifs is 1. The predicted octanol–water partition coefficient (Wildman–Crippen LogP) is 4.13. The molecule has 0 spiro atoms. The van der Waals surface area contributed by atoms with Gasteiger partial charge in [-0.2, -0.15) is 0 Å². The van der Waals surface area contributed by atoms with Crippen LogP contribution in [0.5, 0.6) is 0 Å². The van der Waals surface area contributed by atoms with Crippen molar-refractivity contribution in [2.45, 2.75) is 19.9 Å². The van der Waals surface area contributed by atoms with E-state index in [9.17, 15) is 4.79 Å². The fraction of sp³-hybridized carbons (Fsp3) is 0.200. The van der Waals surface area contributed by atoms with Gasteiger partial charge >= 0.3 is 0 Å². The van der Waals surface area contributed by atoms with Gasteiger partial charge in [0.05, 0.1) is 5.57 Å². The fourth-order valence-corrected chi connectivity index (χ4v) is 3.77. The molecule has 0 saturated carbocycles. The average Bonchev–Trinajstić information content (AvgIpc) is 3.09. The number of anilines is 3. The highest BCUT2D eigenvalue weighted by molar-refractivity contribution is 6.32. The Bertz CT molecular complexity index is 1110. The predicted molar refractivity (Wildman–Crippen MR) is 126 cm³/mol. The normalized spacial score (nSPS) is 14.4. The molecule has 0 unspecified atom stereocenters. The summed E-state index contributed by atoms with van der Waals surface area (Å²) in [4.78, 5) is 19.1. The molecule has 4 N–H and O–H groups in total. The minimum atomic E-state index is -0.114. The lowest BCUT2D eigenvalue weighted by Gasteiger charge is -2.17. The summed E-state index contributed by atoms with van der Waals surface area (Å²) in [6, 6.07) is 19.8. The minimum Gasteiger partial charge on any atom is -0.399 e. The number of rotatable bonds is 7. The molecule has 1 aliphatic heterocycles. The van der Waals surface area contributed by atoms with Crippen LogP contribution in [-0.4, -0.2) is 29.4 Å². The van der Waals surface area contributed by atoms with E-state index in [1.54, 1.807) is 6.07 Å². The Kier molecular flexibility index (Phi) is 6.00. The number of nitrogens with two attached hydrogens (primary N) is 1. The Morgan fingerprint density at radius 2 is 1.94 bits per heavy atom. The van der Waals surface area contributed by atoms with Gasteiger partial charge in [-0.3, -0.25) is 9.78 Å². The van der Waals surface area contributed by atoms with Gasteiger partial charge in [-0.25, -0.2) is 0 Å². The van der Waals surface area contributed by atoms with E-state index in [4.69, 9.17) is 5.73 Å². The number of nitrogens with one attached hydrogen (secondary N) is 2. The lowest BCUT2D eigenvalue weighted by Crippen LogP contribution is -2.21. The van der Waals surface area contributed by atoms with Gasteiger partial charge in [0.25, 0.3) is 5.91 Å². The molecule has 0 fully saturated rings. The standard InChI is InChI=1S/C25H27N5O/c1-17(24-22-15-19(26)8-11-23(22)29-25(24)31)28-21-9-6-18(7-10-21)16-30(2)14-12-20-5-3-4-13-27-20/h3-11,13,15,28H,12,14,16,26H2,1-2H3,(H,29,31)/b24-17-. The number of nitrogen functional groups attached to an aromatic ring is 1. The van der Waals surface area contributed by atoms with Gasteiger partial charge < -0.3 is 21.3 Å². The van der Waals surface area contributed by atoms with Crippen molar-refractivity contribution in [1.82, 2.24) is 9.88 Å². The molecule has 1 aromatic heterocycles. The SMILES string of the molecule is C/C(Nc1ccc(CN(C)CCc2ccccn2)cc1)=C1/C(=O)Nc2ccc(N)cc21. The number of benzene rings is 2. The molecule has 2 heterocycles. The van der Waals surface area contributed by atoms with Crippen molar-refractivity contribution in [3.05, 3.63) is 89.4 Å². The lowest BCUT2D eigenvalue weighted by molar-refractivity contribution is -0.110. The highest BCUT2D eigenvalue weighted by Gasteiger charge is 2.26. The first-order valence-electron chi connectivity index (χ1n) is 10.4. The summed E-state index contributed by atoms with van der Waals surface area (Å²) in [7, 11) is 2.12. The zero-order valence-electron chi connectivity index (χ0n) is 17.9. The number of hydrogen-bond acceptors (Lipinski definition) is 5. The van der Waals surface area contributed by atoms with E-state index < -0.39 is 0 Å². The molecule has 4 rings (SSSR count). The molecule has 31 heavy (non-hydrogen) atoms. The van der Waals surface area contributed by atoms with E-state index in [1.807, 2.05) is 49.5 Å². The maximum atomic E-state index is 12.5. The first-order chi connectivity index (χ1) is 15.0. The number of pyridine rings is 1. The summed E-state index contributed by atoms with van der Waals surface area (Å²) in [6.07, 6.45) is 2.76. The number of hydrogen-bond donors (Lipinski definition) is 3. The van der Waals surface area contributed by atoms with Crippen LogP contribution in [0.2, 0.25) is 0 Å². The third kappa shape index (κ3) is 4.92. The molecule has 2 aromatic carbocycles. The zero-order valence-corrected chi connectivity index (χ0v) is 17.9. The molecule has 1 aliphatic rings. The van der Waals surface area contributed by atoms with E-state index in [-0.39, 0.29) is 5.91 Å². The zero-order chi connectivity index (χ0) is 21.8. The number of amides is 1. The Morgan fingerprint density at radius 3 is 2.68 bits per heavy atom. The molecular weight excluding hydrogens is 386 g/mol. The van der Waals surface area contributed by atoms with E-state index in [0.29, 0.717) is 11.3 Å². The summed E-state index contributed by atoms with van der Waals surface area (Å²) >= 11 is 0. The maximum Gasteiger partial charge on any atom is 0.258 e. The number of nitrogens with zero attached hydrogens (tertiary/aromatic N) is 2. The molecule has 0 bridgehead atoms. The Balaban J connectivity index is 1.39. The highest BCUT2D eigenvalue weighted by atomic mass is 16.2. The van der Waals surface area contributed by atoms with Crippen molar-refractivity contribution < 1.29 is 4.79 Å². The Labute approximate surface area is 182 Å². The van der Waals surface area contributed by atoms with Crippen molar-refractivity contribution >= 4 is 28.5 Å². The Morgan fingerprint density at radius 1 is 1.13 bits per heavy atom.